The molecule has 6 nitrogen and oxygen atoms in total. The first-order valence-electron chi connectivity index (χ1n) is 5.66. The van der Waals surface area contributed by atoms with Crippen molar-refractivity contribution in [2.45, 2.75) is 31.8 Å². The number of nitrogens with two attached hydrogens (primary N) is 1. The monoisotopic (exact) mass is 267 g/mol. The third kappa shape index (κ3) is 1.51. The van der Waals surface area contributed by atoms with Gasteiger partial charge in [0.25, 0.3) is 0 Å². The molecule has 0 spiro atoms. The van der Waals surface area contributed by atoms with E-state index >= 15 is 0 Å². The van der Waals surface area contributed by atoms with Gasteiger partial charge in [-0.05, 0) is 13.3 Å². The van der Waals surface area contributed by atoms with E-state index in [-0.39, 0.29) is 11.8 Å². The first-order chi connectivity index (χ1) is 8.50. The van der Waals surface area contributed by atoms with Gasteiger partial charge in [-0.3, -0.25) is 14.9 Å². The van der Waals surface area contributed by atoms with Crippen LogP contribution in [0.1, 0.15) is 25.3 Å². The van der Waals surface area contributed by atoms with E-state index in [0.717, 1.165) is 5.56 Å². The molecule has 0 bridgehead atoms. The van der Waals surface area contributed by atoms with Gasteiger partial charge in [0.05, 0.1) is 11.5 Å². The van der Waals surface area contributed by atoms with Crippen molar-refractivity contribution in [3.63, 3.8) is 0 Å². The van der Waals surface area contributed by atoms with Gasteiger partial charge in [-0.2, -0.15) is 0 Å². The van der Waals surface area contributed by atoms with Gasteiger partial charge < -0.3 is 10.6 Å². The zero-order valence-electron chi connectivity index (χ0n) is 9.86. The van der Waals surface area contributed by atoms with Gasteiger partial charge in [0, 0.05) is 17.4 Å². The summed E-state index contributed by atoms with van der Waals surface area (Å²) in [6.07, 6.45) is 0.774. The number of hydrogen-bond donors (Lipinski definition) is 2. The van der Waals surface area contributed by atoms with Crippen molar-refractivity contribution in [2.24, 2.45) is 0 Å². The first kappa shape index (κ1) is 11.5. The molecule has 96 valence electrons. The van der Waals surface area contributed by atoms with Crippen molar-refractivity contribution in [3.8, 4) is 5.75 Å². The van der Waals surface area contributed by atoms with E-state index in [1.54, 1.807) is 12.0 Å². The number of fused-ring (bicyclic) bond motifs is 1. The number of nitrogens with one attached hydrogen (secondary N) is 1. The van der Waals surface area contributed by atoms with Crippen LogP contribution in [0.2, 0.25) is 0 Å². The zero-order valence-corrected chi connectivity index (χ0v) is 10.7. The number of amides is 2. The van der Waals surface area contributed by atoms with Crippen LogP contribution >= 0.6 is 11.3 Å². The van der Waals surface area contributed by atoms with E-state index in [0.29, 0.717) is 30.1 Å². The number of anilines is 1. The first-order valence-corrected chi connectivity index (χ1v) is 6.54. The van der Waals surface area contributed by atoms with E-state index in [2.05, 4.69) is 5.32 Å². The summed E-state index contributed by atoms with van der Waals surface area (Å²) < 4.78 is 0. The lowest BCUT2D eigenvalue weighted by molar-refractivity contribution is -0.169. The Morgan fingerprint density at radius 3 is 3.00 bits per heavy atom. The van der Waals surface area contributed by atoms with Crippen molar-refractivity contribution in [1.29, 1.82) is 0 Å². The summed E-state index contributed by atoms with van der Waals surface area (Å²) >= 11 is 1.43. The zero-order chi connectivity index (χ0) is 12.9. The third-order valence-corrected chi connectivity index (χ3v) is 4.36. The van der Waals surface area contributed by atoms with E-state index in [4.69, 9.17) is 10.6 Å². The van der Waals surface area contributed by atoms with Gasteiger partial charge in [-0.15, -0.1) is 16.4 Å². The predicted octanol–water partition coefficient (Wildman–Crippen LogP) is 0.635. The fourth-order valence-corrected chi connectivity index (χ4v) is 2.94. The smallest absolute Gasteiger partial charge is 0.250 e. The van der Waals surface area contributed by atoms with Crippen molar-refractivity contribution in [3.05, 3.63) is 10.9 Å². The maximum Gasteiger partial charge on any atom is 0.250 e. The standard InChI is InChI=1S/C11H13N3O3S/c1-11(3-2-8(15)13-10(11)16)14-4-6-7(17-14)5-18-9(6)12/h5H,2-4,12H2,1H3,(H,13,15,16). The van der Waals surface area contributed by atoms with Crippen LogP contribution in [0.25, 0.3) is 0 Å². The number of hydrogen-bond acceptors (Lipinski definition) is 6. The van der Waals surface area contributed by atoms with Gasteiger partial charge in [-0.1, -0.05) is 0 Å². The topological polar surface area (TPSA) is 84.7 Å². The van der Waals surface area contributed by atoms with Crippen LogP contribution in [0.3, 0.4) is 0 Å². The molecule has 2 aliphatic heterocycles. The van der Waals surface area contributed by atoms with Crippen LogP contribution in [0.5, 0.6) is 5.75 Å². The maximum atomic E-state index is 12.0. The molecule has 0 aromatic carbocycles. The molecule has 3 rings (SSSR count). The highest BCUT2D eigenvalue weighted by Gasteiger charge is 2.47. The lowest BCUT2D eigenvalue weighted by Gasteiger charge is -2.37. The number of imide groups is 1. The fraction of sp³-hybridized carbons (Fsp3) is 0.455. The number of nitrogen functional groups attached to an aromatic ring is 1. The molecule has 7 heteroatoms. The van der Waals surface area contributed by atoms with Crippen LogP contribution in [-0.2, 0) is 16.1 Å². The molecule has 1 fully saturated rings. The number of thiophene rings is 1. The number of hydroxylamine groups is 2. The summed E-state index contributed by atoms with van der Waals surface area (Å²) in [6, 6.07) is 0. The van der Waals surface area contributed by atoms with Gasteiger partial charge in [0.15, 0.2) is 5.75 Å². The van der Waals surface area contributed by atoms with Crippen LogP contribution in [0.15, 0.2) is 5.38 Å². The molecule has 2 amide bonds. The summed E-state index contributed by atoms with van der Waals surface area (Å²) in [5.41, 5.74) is 5.94. The Kier molecular flexibility index (Phi) is 2.36. The number of carbonyl (C=O) groups excluding carboxylic acids is 2. The highest BCUT2D eigenvalue weighted by Crippen LogP contribution is 2.41. The van der Waals surface area contributed by atoms with Crippen LogP contribution in [0, 0.1) is 0 Å². The molecule has 0 aliphatic carbocycles. The molecule has 3 N–H and O–H groups in total. The number of piperidine rings is 1. The average Bonchev–Trinajstić information content (AvgIpc) is 2.88. The molecule has 1 unspecified atom stereocenters. The van der Waals surface area contributed by atoms with Crippen molar-refractivity contribution in [1.82, 2.24) is 10.4 Å². The van der Waals surface area contributed by atoms with Gasteiger partial charge >= 0.3 is 0 Å². The van der Waals surface area contributed by atoms with E-state index < -0.39 is 5.54 Å². The van der Waals surface area contributed by atoms with Gasteiger partial charge in [-0.25, -0.2) is 0 Å². The van der Waals surface area contributed by atoms with E-state index in [1.165, 1.54) is 11.3 Å². The Bertz CT molecular complexity index is 542. The summed E-state index contributed by atoms with van der Waals surface area (Å²) in [7, 11) is 0. The highest BCUT2D eigenvalue weighted by atomic mass is 32.1. The Labute approximate surface area is 108 Å². The molecule has 0 saturated carbocycles. The molecule has 1 aromatic heterocycles. The molecule has 1 atom stereocenters. The van der Waals surface area contributed by atoms with Crippen molar-refractivity contribution < 1.29 is 14.4 Å². The Morgan fingerprint density at radius 1 is 1.56 bits per heavy atom. The fourth-order valence-electron chi connectivity index (χ4n) is 2.22. The Hall–Kier alpha value is -1.60. The van der Waals surface area contributed by atoms with Gasteiger partial charge in [0.2, 0.25) is 11.8 Å². The van der Waals surface area contributed by atoms with Crippen molar-refractivity contribution in [2.75, 3.05) is 5.73 Å². The second-order valence-corrected chi connectivity index (χ2v) is 5.63. The summed E-state index contributed by atoms with van der Waals surface area (Å²) in [5.74, 6) is 0.167. The Balaban J connectivity index is 1.85. The minimum absolute atomic E-state index is 0.231. The molecule has 1 aromatic rings. The second kappa shape index (κ2) is 3.69. The summed E-state index contributed by atoms with van der Waals surface area (Å²) in [5, 5.41) is 6.51. The molecule has 0 radical (unpaired) electrons. The lowest BCUT2D eigenvalue weighted by Crippen LogP contribution is -2.60. The number of rotatable bonds is 1. The van der Waals surface area contributed by atoms with Crippen molar-refractivity contribution >= 4 is 28.2 Å². The highest BCUT2D eigenvalue weighted by molar-refractivity contribution is 7.14. The Morgan fingerprint density at radius 2 is 2.33 bits per heavy atom. The quantitative estimate of drug-likeness (QED) is 0.729. The van der Waals surface area contributed by atoms with Crippen LogP contribution in [0.4, 0.5) is 5.00 Å². The minimum Gasteiger partial charge on any atom is -0.403 e. The molecule has 18 heavy (non-hydrogen) atoms. The third-order valence-electron chi connectivity index (χ3n) is 3.53. The molecule has 3 heterocycles. The average molecular weight is 267 g/mol. The van der Waals surface area contributed by atoms with Gasteiger partial charge in [0.1, 0.15) is 5.54 Å². The normalized spacial score (nSPS) is 27.8. The summed E-state index contributed by atoms with van der Waals surface area (Å²) in [4.78, 5) is 28.8. The van der Waals surface area contributed by atoms with E-state index in [9.17, 15) is 9.59 Å². The lowest BCUT2D eigenvalue weighted by atomic mass is 9.90. The predicted molar refractivity (Wildman–Crippen MR) is 65.7 cm³/mol. The minimum atomic E-state index is -0.822. The molecule has 2 aliphatic rings. The number of nitrogens with zero attached hydrogens (tertiary/aromatic N) is 1. The maximum absolute atomic E-state index is 12.0. The largest absolute Gasteiger partial charge is 0.403 e. The molecule has 1 saturated heterocycles. The number of carbonyl (C=O) groups is 2. The van der Waals surface area contributed by atoms with E-state index in [1.807, 2.05) is 5.38 Å². The second-order valence-electron chi connectivity index (χ2n) is 4.72. The van der Waals surface area contributed by atoms with Crippen LogP contribution in [-0.4, -0.2) is 22.4 Å². The molecular weight excluding hydrogens is 254 g/mol. The van der Waals surface area contributed by atoms with Crippen LogP contribution < -0.4 is 15.9 Å². The SMILES string of the molecule is CC1(N2Cc3c(csc3N)O2)CCC(=O)NC1=O. The molecular formula is C11H13N3O3S. The summed E-state index contributed by atoms with van der Waals surface area (Å²) in [6.45, 7) is 2.25.